The largest absolute Gasteiger partial charge is 0.481 e. The monoisotopic (exact) mass is 194 g/mol. The number of ether oxygens (including phenoxy) is 1. The molecule has 0 unspecified atom stereocenters. The Morgan fingerprint density at radius 3 is 2.79 bits per heavy atom. The average molecular weight is 194 g/mol. The molecule has 0 atom stereocenters. The molecule has 4 heteroatoms. The lowest BCUT2D eigenvalue weighted by molar-refractivity contribution is -0.118. The van der Waals surface area contributed by atoms with Gasteiger partial charge >= 0.3 is 0 Å². The van der Waals surface area contributed by atoms with Gasteiger partial charge in [-0.3, -0.25) is 4.79 Å². The third kappa shape index (κ3) is 2.28. The van der Waals surface area contributed by atoms with Crippen LogP contribution in [0.4, 0.5) is 0 Å². The van der Waals surface area contributed by atoms with Crippen LogP contribution in [-0.2, 0) is 11.2 Å². The van der Waals surface area contributed by atoms with Crippen molar-refractivity contribution in [2.24, 2.45) is 0 Å². The first-order valence-electron chi connectivity index (χ1n) is 4.55. The Labute approximate surface area is 83.3 Å². The van der Waals surface area contributed by atoms with Crippen molar-refractivity contribution in [3.8, 4) is 5.88 Å². The summed E-state index contributed by atoms with van der Waals surface area (Å²) in [5.74, 6) is 0.716. The minimum Gasteiger partial charge on any atom is -0.481 e. The maximum absolute atomic E-state index is 11.2. The standard InChI is InChI=1S/C10H14N2O2/c1-4-8(13)5-9-7(2)10(14-3)12-6-11-9/h6H,4-5H2,1-3H3. The molecule has 1 aromatic rings. The summed E-state index contributed by atoms with van der Waals surface area (Å²) in [6.07, 6.45) is 2.32. The van der Waals surface area contributed by atoms with Gasteiger partial charge in [-0.1, -0.05) is 6.92 Å². The second kappa shape index (κ2) is 4.69. The van der Waals surface area contributed by atoms with Crippen molar-refractivity contribution in [1.29, 1.82) is 0 Å². The number of carbonyl (C=O) groups excluding carboxylic acids is 1. The summed E-state index contributed by atoms with van der Waals surface area (Å²) in [6.45, 7) is 3.70. The number of hydrogen-bond donors (Lipinski definition) is 0. The minimum absolute atomic E-state index is 0.175. The van der Waals surface area contributed by atoms with Crippen LogP contribution in [0.2, 0.25) is 0 Å². The highest BCUT2D eigenvalue weighted by Gasteiger charge is 2.09. The molecule has 4 nitrogen and oxygen atoms in total. The van der Waals surface area contributed by atoms with E-state index in [0.29, 0.717) is 18.7 Å². The normalized spacial score (nSPS) is 9.93. The molecule has 0 fully saturated rings. The van der Waals surface area contributed by atoms with E-state index in [2.05, 4.69) is 9.97 Å². The van der Waals surface area contributed by atoms with E-state index < -0.39 is 0 Å². The molecule has 0 saturated carbocycles. The molecular formula is C10H14N2O2. The van der Waals surface area contributed by atoms with Crippen molar-refractivity contribution < 1.29 is 9.53 Å². The van der Waals surface area contributed by atoms with Crippen molar-refractivity contribution in [3.63, 3.8) is 0 Å². The maximum atomic E-state index is 11.2. The van der Waals surface area contributed by atoms with Gasteiger partial charge in [0, 0.05) is 18.4 Å². The zero-order valence-electron chi connectivity index (χ0n) is 8.70. The summed E-state index contributed by atoms with van der Waals surface area (Å²) in [7, 11) is 1.56. The number of nitrogens with zero attached hydrogens (tertiary/aromatic N) is 2. The van der Waals surface area contributed by atoms with Crippen LogP contribution in [-0.4, -0.2) is 22.9 Å². The smallest absolute Gasteiger partial charge is 0.219 e. The fourth-order valence-corrected chi connectivity index (χ4v) is 1.16. The van der Waals surface area contributed by atoms with Gasteiger partial charge in [-0.25, -0.2) is 9.97 Å². The SMILES string of the molecule is CCC(=O)Cc1ncnc(OC)c1C. The molecule has 0 aliphatic rings. The summed E-state index contributed by atoms with van der Waals surface area (Å²) >= 11 is 0. The highest BCUT2D eigenvalue weighted by atomic mass is 16.5. The van der Waals surface area contributed by atoms with Crippen LogP contribution < -0.4 is 4.74 Å². The van der Waals surface area contributed by atoms with Crippen LogP contribution in [0.3, 0.4) is 0 Å². The van der Waals surface area contributed by atoms with Crippen LogP contribution in [0, 0.1) is 6.92 Å². The molecule has 0 aliphatic heterocycles. The van der Waals surface area contributed by atoms with Gasteiger partial charge < -0.3 is 4.74 Å². The van der Waals surface area contributed by atoms with Crippen molar-refractivity contribution >= 4 is 5.78 Å². The number of hydrogen-bond acceptors (Lipinski definition) is 4. The maximum Gasteiger partial charge on any atom is 0.219 e. The molecule has 0 amide bonds. The summed E-state index contributed by atoms with van der Waals surface area (Å²) in [4.78, 5) is 19.2. The minimum atomic E-state index is 0.175. The van der Waals surface area contributed by atoms with Crippen LogP contribution in [0.5, 0.6) is 5.88 Å². The lowest BCUT2D eigenvalue weighted by Crippen LogP contribution is -2.06. The quantitative estimate of drug-likeness (QED) is 0.725. The van der Waals surface area contributed by atoms with Crippen LogP contribution in [0.25, 0.3) is 0 Å². The van der Waals surface area contributed by atoms with Crippen molar-refractivity contribution in [2.45, 2.75) is 26.7 Å². The zero-order valence-corrected chi connectivity index (χ0v) is 8.70. The van der Waals surface area contributed by atoms with E-state index in [1.165, 1.54) is 6.33 Å². The Hall–Kier alpha value is -1.45. The third-order valence-corrected chi connectivity index (χ3v) is 2.09. The van der Waals surface area contributed by atoms with E-state index in [1.54, 1.807) is 7.11 Å². The molecule has 0 aliphatic carbocycles. The van der Waals surface area contributed by atoms with Crippen LogP contribution in [0.1, 0.15) is 24.6 Å². The molecule has 0 bridgehead atoms. The summed E-state index contributed by atoms with van der Waals surface area (Å²) in [5.41, 5.74) is 1.60. The first-order valence-corrected chi connectivity index (χ1v) is 4.55. The van der Waals surface area contributed by atoms with Crippen molar-refractivity contribution in [1.82, 2.24) is 9.97 Å². The molecular weight excluding hydrogens is 180 g/mol. The molecule has 1 aromatic heterocycles. The molecule has 76 valence electrons. The molecule has 14 heavy (non-hydrogen) atoms. The molecule has 0 spiro atoms. The Balaban J connectivity index is 2.92. The molecule has 0 aromatic carbocycles. The van der Waals surface area contributed by atoms with Gasteiger partial charge in [-0.05, 0) is 6.92 Å². The van der Waals surface area contributed by atoms with Gasteiger partial charge in [0.15, 0.2) is 0 Å². The van der Waals surface area contributed by atoms with Gasteiger partial charge in [0.25, 0.3) is 0 Å². The predicted molar refractivity (Wildman–Crippen MR) is 52.3 cm³/mol. The van der Waals surface area contributed by atoms with Gasteiger partial charge in [0.1, 0.15) is 12.1 Å². The number of Topliss-reactive ketones (excluding diaryl/α,β-unsaturated/α-hetero) is 1. The Kier molecular flexibility index (Phi) is 3.56. The second-order valence-corrected chi connectivity index (χ2v) is 3.02. The highest BCUT2D eigenvalue weighted by Crippen LogP contribution is 2.16. The van der Waals surface area contributed by atoms with Gasteiger partial charge in [-0.2, -0.15) is 0 Å². The van der Waals surface area contributed by atoms with Crippen molar-refractivity contribution in [3.05, 3.63) is 17.6 Å². The summed E-state index contributed by atoms with van der Waals surface area (Å²) in [5, 5.41) is 0. The number of ketones is 1. The van der Waals surface area contributed by atoms with E-state index in [4.69, 9.17) is 4.74 Å². The zero-order chi connectivity index (χ0) is 10.6. The lowest BCUT2D eigenvalue weighted by atomic mass is 10.1. The lowest BCUT2D eigenvalue weighted by Gasteiger charge is -2.06. The van der Waals surface area contributed by atoms with Gasteiger partial charge in [0.2, 0.25) is 5.88 Å². The van der Waals surface area contributed by atoms with Crippen LogP contribution in [0.15, 0.2) is 6.33 Å². The second-order valence-electron chi connectivity index (χ2n) is 3.02. The molecule has 1 rings (SSSR count). The average Bonchev–Trinajstić information content (AvgIpc) is 2.21. The van der Waals surface area contributed by atoms with E-state index in [0.717, 1.165) is 11.3 Å². The Morgan fingerprint density at radius 1 is 1.50 bits per heavy atom. The topological polar surface area (TPSA) is 52.1 Å². The Bertz CT molecular complexity index is 337. The highest BCUT2D eigenvalue weighted by molar-refractivity contribution is 5.80. The Morgan fingerprint density at radius 2 is 2.21 bits per heavy atom. The summed E-state index contributed by atoms with van der Waals surface area (Å²) in [6, 6.07) is 0. The van der Waals surface area contributed by atoms with E-state index >= 15 is 0 Å². The predicted octanol–water partition coefficient (Wildman–Crippen LogP) is 1.32. The molecule has 0 radical (unpaired) electrons. The summed E-state index contributed by atoms with van der Waals surface area (Å²) < 4.78 is 5.04. The van der Waals surface area contributed by atoms with Gasteiger partial charge in [-0.15, -0.1) is 0 Å². The van der Waals surface area contributed by atoms with Gasteiger partial charge in [0.05, 0.1) is 12.8 Å². The van der Waals surface area contributed by atoms with E-state index in [9.17, 15) is 4.79 Å². The van der Waals surface area contributed by atoms with Crippen molar-refractivity contribution in [2.75, 3.05) is 7.11 Å². The van der Waals surface area contributed by atoms with E-state index in [1.807, 2.05) is 13.8 Å². The van der Waals surface area contributed by atoms with E-state index in [-0.39, 0.29) is 5.78 Å². The fourth-order valence-electron chi connectivity index (χ4n) is 1.16. The van der Waals surface area contributed by atoms with Crippen LogP contribution >= 0.6 is 0 Å². The number of aromatic nitrogens is 2. The molecule has 0 saturated heterocycles. The molecule has 1 heterocycles. The number of rotatable bonds is 4. The number of carbonyl (C=O) groups is 1. The first kappa shape index (κ1) is 10.6. The fraction of sp³-hybridized carbons (Fsp3) is 0.500. The molecule has 0 N–H and O–H groups in total. The third-order valence-electron chi connectivity index (χ3n) is 2.09. The first-order chi connectivity index (χ1) is 6.69. The number of methoxy groups -OCH3 is 1.